The number of nitrogens with zero attached hydrogens (tertiary/aromatic N) is 3. The van der Waals surface area contributed by atoms with Gasteiger partial charge in [-0.05, 0) is 50.8 Å². The quantitative estimate of drug-likeness (QED) is 0.641. The molecule has 7 heteroatoms. The highest BCUT2D eigenvalue weighted by molar-refractivity contribution is 5.99. The molecule has 1 aromatic carbocycles. The van der Waals surface area contributed by atoms with Gasteiger partial charge >= 0.3 is 0 Å². The number of ether oxygens (including phenoxy) is 1. The number of carbonyl (C=O) groups is 1. The molecule has 0 spiro atoms. The molecule has 0 saturated carbocycles. The third-order valence-electron chi connectivity index (χ3n) is 5.06. The fourth-order valence-electron chi connectivity index (χ4n) is 3.69. The zero-order chi connectivity index (χ0) is 20.5. The lowest BCUT2D eigenvalue weighted by molar-refractivity contribution is 0.0716. The summed E-state index contributed by atoms with van der Waals surface area (Å²) in [5.74, 6) is 0.435. The van der Waals surface area contributed by atoms with Crippen LogP contribution in [0.3, 0.4) is 0 Å². The molecule has 150 valence electrons. The molecule has 1 atom stereocenters. The number of carbonyl (C=O) groups excluding carboxylic acids is 1. The predicted molar refractivity (Wildman–Crippen MR) is 109 cm³/mol. The van der Waals surface area contributed by atoms with Crippen LogP contribution in [0.15, 0.2) is 51.9 Å². The first-order chi connectivity index (χ1) is 14.0. The molecule has 1 amide bonds. The van der Waals surface area contributed by atoms with Crippen molar-refractivity contribution in [3.05, 3.63) is 69.8 Å². The van der Waals surface area contributed by atoms with Crippen LogP contribution >= 0.6 is 0 Å². The molecule has 1 aliphatic rings. The van der Waals surface area contributed by atoms with Crippen molar-refractivity contribution < 1.29 is 13.9 Å². The van der Waals surface area contributed by atoms with E-state index in [1.807, 2.05) is 38.1 Å². The lowest BCUT2D eigenvalue weighted by Crippen LogP contribution is -2.35. The first kappa shape index (κ1) is 19.1. The summed E-state index contributed by atoms with van der Waals surface area (Å²) in [6, 6.07) is 8.28. The molecule has 7 nitrogen and oxygen atoms in total. The molecular weight excluding hydrogens is 370 g/mol. The number of pyridine rings is 1. The van der Waals surface area contributed by atoms with Gasteiger partial charge in [-0.3, -0.25) is 14.6 Å². The van der Waals surface area contributed by atoms with Crippen LogP contribution in [0.5, 0.6) is 5.75 Å². The minimum absolute atomic E-state index is 0.108. The second-order valence-corrected chi connectivity index (χ2v) is 7.25. The zero-order valence-electron chi connectivity index (χ0n) is 16.7. The number of rotatable bonds is 6. The van der Waals surface area contributed by atoms with Gasteiger partial charge in [0.25, 0.3) is 5.91 Å². The van der Waals surface area contributed by atoms with Crippen LogP contribution in [0, 0.1) is 0 Å². The molecule has 0 fully saturated rings. The summed E-state index contributed by atoms with van der Waals surface area (Å²) in [5, 5.41) is 0.438. The number of fused-ring (bicyclic) bond motifs is 2. The van der Waals surface area contributed by atoms with Gasteiger partial charge < -0.3 is 19.0 Å². The number of hydrogen-bond acceptors (Lipinski definition) is 6. The Morgan fingerprint density at radius 2 is 1.93 bits per heavy atom. The van der Waals surface area contributed by atoms with Crippen molar-refractivity contribution in [2.75, 3.05) is 33.8 Å². The number of aromatic nitrogens is 1. The minimum Gasteiger partial charge on any atom is -0.494 e. The Balaban J connectivity index is 1.90. The lowest BCUT2D eigenvalue weighted by Gasteiger charge is -2.26. The van der Waals surface area contributed by atoms with Gasteiger partial charge in [0.15, 0.2) is 5.43 Å². The average Bonchev–Trinajstić information content (AvgIpc) is 2.99. The third-order valence-corrected chi connectivity index (χ3v) is 5.06. The van der Waals surface area contributed by atoms with Gasteiger partial charge in [-0.2, -0.15) is 0 Å². The van der Waals surface area contributed by atoms with Crippen LogP contribution in [-0.4, -0.2) is 54.5 Å². The van der Waals surface area contributed by atoms with E-state index in [9.17, 15) is 9.59 Å². The highest BCUT2D eigenvalue weighted by atomic mass is 16.5. The van der Waals surface area contributed by atoms with E-state index in [-0.39, 0.29) is 17.1 Å². The van der Waals surface area contributed by atoms with Crippen LogP contribution < -0.4 is 10.2 Å². The maximum absolute atomic E-state index is 13.4. The van der Waals surface area contributed by atoms with E-state index in [1.165, 1.54) is 0 Å². The summed E-state index contributed by atoms with van der Waals surface area (Å²) in [6.45, 7) is 3.53. The Morgan fingerprint density at radius 3 is 2.62 bits per heavy atom. The van der Waals surface area contributed by atoms with E-state index >= 15 is 0 Å². The number of amides is 1. The highest BCUT2D eigenvalue weighted by Gasteiger charge is 2.42. The topological polar surface area (TPSA) is 75.9 Å². The Morgan fingerprint density at radius 1 is 1.17 bits per heavy atom. The fourth-order valence-corrected chi connectivity index (χ4v) is 3.69. The van der Waals surface area contributed by atoms with Crippen molar-refractivity contribution in [3.8, 4) is 5.75 Å². The maximum atomic E-state index is 13.4. The van der Waals surface area contributed by atoms with Crippen molar-refractivity contribution >= 4 is 16.9 Å². The Hall–Kier alpha value is -3.19. The van der Waals surface area contributed by atoms with Crippen molar-refractivity contribution in [1.82, 2.24) is 14.8 Å². The van der Waals surface area contributed by atoms with Crippen molar-refractivity contribution in [1.29, 1.82) is 0 Å². The second kappa shape index (κ2) is 7.67. The van der Waals surface area contributed by atoms with Gasteiger partial charge in [0, 0.05) is 31.5 Å². The molecule has 0 N–H and O–H groups in total. The van der Waals surface area contributed by atoms with Crippen molar-refractivity contribution in [3.63, 3.8) is 0 Å². The molecule has 1 aliphatic heterocycles. The zero-order valence-corrected chi connectivity index (χ0v) is 16.7. The van der Waals surface area contributed by atoms with Crippen molar-refractivity contribution in [2.24, 2.45) is 0 Å². The predicted octanol–water partition coefficient (Wildman–Crippen LogP) is 2.69. The molecule has 1 unspecified atom stereocenters. The van der Waals surface area contributed by atoms with E-state index in [1.54, 1.807) is 35.5 Å². The summed E-state index contributed by atoms with van der Waals surface area (Å²) in [6.07, 6.45) is 3.33. The number of benzene rings is 1. The summed E-state index contributed by atoms with van der Waals surface area (Å²) in [7, 11) is 3.89. The molecule has 3 aromatic rings. The van der Waals surface area contributed by atoms with Gasteiger partial charge in [0.1, 0.15) is 11.3 Å². The minimum atomic E-state index is -0.493. The molecule has 0 radical (unpaired) electrons. The lowest BCUT2D eigenvalue weighted by atomic mass is 9.99. The largest absolute Gasteiger partial charge is 0.494 e. The molecule has 2 aromatic heterocycles. The van der Waals surface area contributed by atoms with Crippen LogP contribution in [0.4, 0.5) is 0 Å². The van der Waals surface area contributed by atoms with Gasteiger partial charge in [0.2, 0.25) is 5.76 Å². The summed E-state index contributed by atoms with van der Waals surface area (Å²) in [5.41, 5.74) is 1.39. The Labute approximate surface area is 168 Å². The van der Waals surface area contributed by atoms with Gasteiger partial charge in [0.05, 0.1) is 23.6 Å². The first-order valence-electron chi connectivity index (χ1n) is 9.60. The van der Waals surface area contributed by atoms with Crippen molar-refractivity contribution in [2.45, 2.75) is 13.0 Å². The standard InChI is InChI=1S/C22H23N3O4/c1-4-28-15-5-6-16-17(13-15)29-21-18(20(16)26)19(14-7-9-23-10-8-14)25(22(21)27)12-11-24(2)3/h5-10,13,19H,4,11-12H2,1-3H3. The van der Waals surface area contributed by atoms with Crippen LogP contribution in [-0.2, 0) is 0 Å². The van der Waals surface area contributed by atoms with E-state index < -0.39 is 6.04 Å². The highest BCUT2D eigenvalue weighted by Crippen LogP contribution is 2.38. The fraction of sp³-hybridized carbons (Fsp3) is 0.318. The Kier molecular flexibility index (Phi) is 5.07. The van der Waals surface area contributed by atoms with E-state index in [2.05, 4.69) is 4.98 Å². The number of hydrogen-bond donors (Lipinski definition) is 0. The Bertz CT molecular complexity index is 1110. The molecule has 4 rings (SSSR count). The van der Waals surface area contributed by atoms with Crippen LogP contribution in [0.25, 0.3) is 11.0 Å². The average molecular weight is 393 g/mol. The SMILES string of the molecule is CCOc1ccc2c(=O)c3c(oc2c1)C(=O)N(CCN(C)C)C3c1ccncc1. The van der Waals surface area contributed by atoms with E-state index in [0.29, 0.717) is 42.0 Å². The number of likely N-dealkylation sites (N-methyl/N-ethyl adjacent to an activating group) is 1. The summed E-state index contributed by atoms with van der Waals surface area (Å²) >= 11 is 0. The molecule has 3 heterocycles. The molecule has 0 saturated heterocycles. The smallest absolute Gasteiger partial charge is 0.290 e. The van der Waals surface area contributed by atoms with Gasteiger partial charge in [-0.15, -0.1) is 0 Å². The second-order valence-electron chi connectivity index (χ2n) is 7.25. The third kappa shape index (κ3) is 3.38. The van der Waals surface area contributed by atoms with Crippen LogP contribution in [0.1, 0.15) is 34.6 Å². The monoisotopic (exact) mass is 393 g/mol. The normalized spacial score (nSPS) is 15.9. The maximum Gasteiger partial charge on any atom is 0.290 e. The van der Waals surface area contributed by atoms with Gasteiger partial charge in [-0.1, -0.05) is 0 Å². The van der Waals surface area contributed by atoms with E-state index in [0.717, 1.165) is 5.56 Å². The first-order valence-corrected chi connectivity index (χ1v) is 9.60. The molecular formula is C22H23N3O4. The van der Waals surface area contributed by atoms with E-state index in [4.69, 9.17) is 9.15 Å². The van der Waals surface area contributed by atoms with Crippen LogP contribution in [0.2, 0.25) is 0 Å². The summed E-state index contributed by atoms with van der Waals surface area (Å²) < 4.78 is 11.5. The summed E-state index contributed by atoms with van der Waals surface area (Å²) in [4.78, 5) is 34.4. The molecule has 0 aliphatic carbocycles. The molecule has 29 heavy (non-hydrogen) atoms. The molecule has 0 bridgehead atoms. The van der Waals surface area contributed by atoms with Gasteiger partial charge in [-0.25, -0.2) is 0 Å².